The molecule has 5 nitrogen and oxygen atoms in total. The Morgan fingerprint density at radius 2 is 1.85 bits per heavy atom. The number of nitrogens with zero attached hydrogens (tertiary/aromatic N) is 2. The van der Waals surface area contributed by atoms with Crippen molar-refractivity contribution in [1.82, 2.24) is 9.21 Å². The molecule has 2 unspecified atom stereocenters. The highest BCUT2D eigenvalue weighted by Gasteiger charge is 2.61. The van der Waals surface area contributed by atoms with Crippen molar-refractivity contribution < 1.29 is 13.2 Å². The van der Waals surface area contributed by atoms with Crippen molar-refractivity contribution in [3.8, 4) is 0 Å². The number of halogens is 1. The quantitative estimate of drug-likeness (QED) is 0.706. The van der Waals surface area contributed by atoms with Crippen LogP contribution < -0.4 is 0 Å². The molecule has 2 aliphatic rings. The molecule has 0 spiro atoms. The lowest BCUT2D eigenvalue weighted by atomic mass is 10.1. The molecule has 1 saturated heterocycles. The van der Waals surface area contributed by atoms with E-state index in [9.17, 15) is 13.2 Å². The first-order chi connectivity index (χ1) is 12.0. The minimum atomic E-state index is -3.52. The Kier molecular flexibility index (Phi) is 5.29. The van der Waals surface area contributed by atoms with E-state index in [1.165, 1.54) is 15.9 Å². The van der Waals surface area contributed by atoms with Gasteiger partial charge in [-0.05, 0) is 37.3 Å². The lowest BCUT2D eigenvalue weighted by molar-refractivity contribution is -0.134. The Morgan fingerprint density at radius 3 is 2.35 bits per heavy atom. The standard InChI is InChI=1S/C18H25ClN2O3S2/c1-12(2)11-13-16(18(13,3)4)17(22)20-7-9-21(10-8-20)26(23,24)15-6-5-14(19)25-15/h5-6,11,13,16H,7-10H2,1-4H3. The van der Waals surface area contributed by atoms with E-state index in [0.29, 0.717) is 30.5 Å². The largest absolute Gasteiger partial charge is 0.340 e. The van der Waals surface area contributed by atoms with Crippen LogP contribution in [0.3, 0.4) is 0 Å². The van der Waals surface area contributed by atoms with Crippen LogP contribution in [0.25, 0.3) is 0 Å². The van der Waals surface area contributed by atoms with Crippen LogP contribution in [0, 0.1) is 17.3 Å². The molecule has 2 heterocycles. The molecule has 1 aromatic heterocycles. The zero-order valence-electron chi connectivity index (χ0n) is 15.5. The number of carbonyl (C=O) groups is 1. The molecule has 1 aliphatic heterocycles. The average Bonchev–Trinajstić information content (AvgIpc) is 2.90. The molecule has 1 saturated carbocycles. The lowest BCUT2D eigenvalue weighted by Crippen LogP contribution is -2.51. The molecule has 2 fully saturated rings. The monoisotopic (exact) mass is 416 g/mol. The number of amides is 1. The molecule has 144 valence electrons. The van der Waals surface area contributed by atoms with E-state index in [-0.39, 0.29) is 27.4 Å². The second-order valence-electron chi connectivity index (χ2n) is 7.86. The molecule has 0 aromatic carbocycles. The maximum absolute atomic E-state index is 12.9. The van der Waals surface area contributed by atoms with Gasteiger partial charge in [0.05, 0.1) is 10.3 Å². The number of thiophene rings is 1. The molecule has 1 amide bonds. The molecule has 0 radical (unpaired) electrons. The average molecular weight is 417 g/mol. The summed E-state index contributed by atoms with van der Waals surface area (Å²) >= 11 is 6.93. The summed E-state index contributed by atoms with van der Waals surface area (Å²) in [6, 6.07) is 3.13. The molecule has 8 heteroatoms. The van der Waals surface area contributed by atoms with E-state index in [4.69, 9.17) is 11.6 Å². The molecule has 2 atom stereocenters. The van der Waals surface area contributed by atoms with Gasteiger partial charge in [0.25, 0.3) is 10.0 Å². The van der Waals surface area contributed by atoms with Crippen LogP contribution in [-0.2, 0) is 14.8 Å². The van der Waals surface area contributed by atoms with Crippen molar-refractivity contribution in [2.45, 2.75) is 31.9 Å². The molecule has 1 aliphatic carbocycles. The number of sulfonamides is 1. The predicted molar refractivity (Wildman–Crippen MR) is 105 cm³/mol. The van der Waals surface area contributed by atoms with Crippen molar-refractivity contribution in [3.05, 3.63) is 28.1 Å². The Balaban J connectivity index is 1.64. The number of allylic oxidation sites excluding steroid dienone is 2. The van der Waals surface area contributed by atoms with E-state index in [0.717, 1.165) is 11.3 Å². The lowest BCUT2D eigenvalue weighted by Gasteiger charge is -2.34. The second-order valence-corrected chi connectivity index (χ2v) is 11.7. The topological polar surface area (TPSA) is 57.7 Å². The number of piperazine rings is 1. The van der Waals surface area contributed by atoms with Gasteiger partial charge in [-0.15, -0.1) is 11.3 Å². The fourth-order valence-electron chi connectivity index (χ4n) is 3.73. The molecular formula is C18H25ClN2O3S2. The normalized spacial score (nSPS) is 25.8. The third kappa shape index (κ3) is 3.59. The fourth-order valence-corrected chi connectivity index (χ4v) is 6.79. The van der Waals surface area contributed by atoms with E-state index >= 15 is 0 Å². The summed E-state index contributed by atoms with van der Waals surface area (Å²) in [5.74, 6) is 0.417. The summed E-state index contributed by atoms with van der Waals surface area (Å²) in [7, 11) is -3.52. The van der Waals surface area contributed by atoms with Crippen LogP contribution in [-0.4, -0.2) is 49.7 Å². The zero-order chi connectivity index (χ0) is 19.3. The Bertz CT molecular complexity index is 832. The van der Waals surface area contributed by atoms with E-state index < -0.39 is 10.0 Å². The molecular weight excluding hydrogens is 392 g/mol. The van der Waals surface area contributed by atoms with Gasteiger partial charge in [-0.2, -0.15) is 4.31 Å². The van der Waals surface area contributed by atoms with Gasteiger partial charge in [0.2, 0.25) is 5.91 Å². The van der Waals surface area contributed by atoms with Crippen molar-refractivity contribution in [2.75, 3.05) is 26.2 Å². The summed E-state index contributed by atoms with van der Waals surface area (Å²) in [6.45, 7) is 9.87. The van der Waals surface area contributed by atoms with Gasteiger partial charge in [0.1, 0.15) is 4.21 Å². The Labute approximate surface area is 164 Å². The minimum Gasteiger partial charge on any atom is -0.340 e. The first kappa shape index (κ1) is 19.9. The summed E-state index contributed by atoms with van der Waals surface area (Å²) < 4.78 is 27.5. The predicted octanol–water partition coefficient (Wildman–Crippen LogP) is 3.47. The number of hydrogen-bond donors (Lipinski definition) is 0. The van der Waals surface area contributed by atoms with Crippen molar-refractivity contribution >= 4 is 38.9 Å². The van der Waals surface area contributed by atoms with Gasteiger partial charge in [0.15, 0.2) is 0 Å². The molecule has 3 rings (SSSR count). The van der Waals surface area contributed by atoms with Crippen LogP contribution in [0.1, 0.15) is 27.7 Å². The van der Waals surface area contributed by atoms with Gasteiger partial charge >= 0.3 is 0 Å². The number of rotatable bonds is 4. The summed E-state index contributed by atoms with van der Waals surface area (Å²) in [4.78, 5) is 14.7. The van der Waals surface area contributed by atoms with Crippen LogP contribution in [0.2, 0.25) is 4.34 Å². The highest BCUT2D eigenvalue weighted by atomic mass is 35.5. The Hall–Kier alpha value is -0.890. The Morgan fingerprint density at radius 1 is 1.23 bits per heavy atom. The highest BCUT2D eigenvalue weighted by Crippen LogP contribution is 2.60. The number of carbonyl (C=O) groups excluding carboxylic acids is 1. The summed E-state index contributed by atoms with van der Waals surface area (Å²) in [5.41, 5.74) is 1.20. The van der Waals surface area contributed by atoms with Gasteiger partial charge in [-0.1, -0.05) is 37.1 Å². The smallest absolute Gasteiger partial charge is 0.252 e. The van der Waals surface area contributed by atoms with Gasteiger partial charge < -0.3 is 4.90 Å². The van der Waals surface area contributed by atoms with Crippen LogP contribution in [0.15, 0.2) is 28.0 Å². The molecule has 1 aromatic rings. The van der Waals surface area contributed by atoms with Crippen LogP contribution >= 0.6 is 22.9 Å². The number of hydrogen-bond acceptors (Lipinski definition) is 4. The van der Waals surface area contributed by atoms with Crippen LogP contribution in [0.4, 0.5) is 0 Å². The first-order valence-electron chi connectivity index (χ1n) is 8.74. The van der Waals surface area contributed by atoms with Gasteiger partial charge in [-0.25, -0.2) is 8.42 Å². The van der Waals surface area contributed by atoms with E-state index in [2.05, 4.69) is 33.8 Å². The van der Waals surface area contributed by atoms with Crippen molar-refractivity contribution in [1.29, 1.82) is 0 Å². The zero-order valence-corrected chi connectivity index (χ0v) is 17.9. The van der Waals surface area contributed by atoms with Crippen molar-refractivity contribution in [3.63, 3.8) is 0 Å². The first-order valence-corrected chi connectivity index (χ1v) is 11.4. The molecule has 0 N–H and O–H groups in total. The SMILES string of the molecule is CC(C)=CC1C(C(=O)N2CCN(S(=O)(=O)c3ccc(Cl)s3)CC2)C1(C)C. The summed E-state index contributed by atoms with van der Waals surface area (Å²) in [6.07, 6.45) is 2.18. The van der Waals surface area contributed by atoms with Crippen molar-refractivity contribution in [2.24, 2.45) is 17.3 Å². The molecule has 0 bridgehead atoms. The summed E-state index contributed by atoms with van der Waals surface area (Å²) in [5, 5.41) is 0. The molecule has 26 heavy (non-hydrogen) atoms. The highest BCUT2D eigenvalue weighted by molar-refractivity contribution is 7.91. The maximum atomic E-state index is 12.9. The third-order valence-electron chi connectivity index (χ3n) is 5.38. The van der Waals surface area contributed by atoms with Gasteiger partial charge in [-0.3, -0.25) is 4.79 Å². The van der Waals surface area contributed by atoms with Crippen LogP contribution in [0.5, 0.6) is 0 Å². The van der Waals surface area contributed by atoms with E-state index in [1.807, 2.05) is 4.90 Å². The fraction of sp³-hybridized carbons (Fsp3) is 0.611. The second kappa shape index (κ2) is 6.93. The maximum Gasteiger partial charge on any atom is 0.252 e. The minimum absolute atomic E-state index is 0.00309. The van der Waals surface area contributed by atoms with Gasteiger partial charge in [0, 0.05) is 26.2 Å². The van der Waals surface area contributed by atoms with E-state index in [1.54, 1.807) is 6.07 Å². The third-order valence-corrected chi connectivity index (χ3v) is 8.98.